The predicted molar refractivity (Wildman–Crippen MR) is 71.6 cm³/mol. The van der Waals surface area contributed by atoms with Gasteiger partial charge in [0.15, 0.2) is 5.82 Å². The minimum absolute atomic E-state index is 0.590. The van der Waals surface area contributed by atoms with Crippen molar-refractivity contribution in [2.24, 2.45) is 0 Å². The van der Waals surface area contributed by atoms with Crippen molar-refractivity contribution >= 4 is 0 Å². The zero-order valence-electron chi connectivity index (χ0n) is 10.8. The van der Waals surface area contributed by atoms with E-state index in [1.165, 1.54) is 36.8 Å². The van der Waals surface area contributed by atoms with Gasteiger partial charge in [0, 0.05) is 12.3 Å². The number of aromatic amines is 1. The molecule has 1 aliphatic carbocycles. The van der Waals surface area contributed by atoms with Crippen molar-refractivity contribution < 1.29 is 0 Å². The van der Waals surface area contributed by atoms with Crippen molar-refractivity contribution in [3.8, 4) is 0 Å². The summed E-state index contributed by atoms with van der Waals surface area (Å²) < 4.78 is 0. The fourth-order valence-corrected chi connectivity index (χ4v) is 2.77. The molecule has 3 nitrogen and oxygen atoms in total. The maximum absolute atomic E-state index is 4.65. The van der Waals surface area contributed by atoms with E-state index < -0.39 is 0 Å². The van der Waals surface area contributed by atoms with Crippen LogP contribution in [-0.2, 0) is 6.42 Å². The average molecular weight is 241 g/mol. The number of hydrogen-bond acceptors (Lipinski definition) is 2. The quantitative estimate of drug-likeness (QED) is 0.895. The van der Waals surface area contributed by atoms with E-state index in [0.717, 1.165) is 18.1 Å². The molecule has 1 aromatic carbocycles. The summed E-state index contributed by atoms with van der Waals surface area (Å²) in [5.41, 5.74) is 2.59. The first-order valence-corrected chi connectivity index (χ1v) is 6.78. The number of benzene rings is 1. The van der Waals surface area contributed by atoms with Gasteiger partial charge < -0.3 is 0 Å². The lowest BCUT2D eigenvalue weighted by Gasteiger charge is -2.01. The van der Waals surface area contributed by atoms with Gasteiger partial charge in [-0.2, -0.15) is 5.10 Å². The second-order valence-electron chi connectivity index (χ2n) is 5.29. The Morgan fingerprint density at radius 2 is 2.11 bits per heavy atom. The molecule has 1 heterocycles. The summed E-state index contributed by atoms with van der Waals surface area (Å²) in [7, 11) is 0. The van der Waals surface area contributed by atoms with Crippen molar-refractivity contribution in [2.75, 3.05) is 0 Å². The zero-order valence-corrected chi connectivity index (χ0v) is 10.8. The predicted octanol–water partition coefficient (Wildman–Crippen LogP) is 3.36. The molecule has 0 aliphatic heterocycles. The van der Waals surface area contributed by atoms with Crippen LogP contribution < -0.4 is 0 Å². The Morgan fingerprint density at radius 1 is 1.28 bits per heavy atom. The molecule has 0 atom stereocenters. The minimum atomic E-state index is 0.590. The van der Waals surface area contributed by atoms with Gasteiger partial charge in [-0.15, -0.1) is 0 Å². The van der Waals surface area contributed by atoms with Crippen molar-refractivity contribution in [3.05, 3.63) is 47.0 Å². The molecule has 1 fully saturated rings. The van der Waals surface area contributed by atoms with Gasteiger partial charge in [-0.05, 0) is 25.3 Å². The van der Waals surface area contributed by atoms with E-state index in [0.29, 0.717) is 5.92 Å². The van der Waals surface area contributed by atoms with Crippen LogP contribution in [0.4, 0.5) is 0 Å². The third kappa shape index (κ3) is 2.45. The summed E-state index contributed by atoms with van der Waals surface area (Å²) in [5.74, 6) is 2.60. The van der Waals surface area contributed by atoms with Crippen LogP contribution in [0.3, 0.4) is 0 Å². The molecule has 0 spiro atoms. The molecule has 3 rings (SSSR count). The van der Waals surface area contributed by atoms with Crippen molar-refractivity contribution in [2.45, 2.75) is 44.9 Å². The third-order valence-corrected chi connectivity index (χ3v) is 3.72. The molecule has 18 heavy (non-hydrogen) atoms. The van der Waals surface area contributed by atoms with Crippen LogP contribution in [0.25, 0.3) is 0 Å². The second kappa shape index (κ2) is 4.92. The zero-order chi connectivity index (χ0) is 12.4. The molecule has 1 N–H and O–H groups in total. The number of nitrogens with one attached hydrogen (secondary N) is 1. The van der Waals surface area contributed by atoms with Crippen LogP contribution in [0.2, 0.25) is 0 Å². The minimum Gasteiger partial charge on any atom is -0.263 e. The number of hydrogen-bond donors (Lipinski definition) is 1. The van der Waals surface area contributed by atoms with Crippen LogP contribution in [0.5, 0.6) is 0 Å². The molecule has 1 aromatic heterocycles. The Bertz CT molecular complexity index is 524. The SMILES string of the molecule is Cc1cccc(Cc2nc(C3CCCC3)n[nH]2)c1. The van der Waals surface area contributed by atoms with Gasteiger partial charge in [-0.3, -0.25) is 5.10 Å². The van der Waals surface area contributed by atoms with Gasteiger partial charge in [-0.25, -0.2) is 4.98 Å². The lowest BCUT2D eigenvalue weighted by atomic mass is 10.1. The molecule has 94 valence electrons. The normalized spacial score (nSPS) is 16.3. The van der Waals surface area contributed by atoms with Crippen molar-refractivity contribution in [1.29, 1.82) is 0 Å². The lowest BCUT2D eigenvalue weighted by molar-refractivity contribution is 0.671. The highest BCUT2D eigenvalue weighted by atomic mass is 15.2. The van der Waals surface area contributed by atoms with E-state index in [9.17, 15) is 0 Å². The van der Waals surface area contributed by atoms with Gasteiger partial charge in [0.05, 0.1) is 0 Å². The monoisotopic (exact) mass is 241 g/mol. The van der Waals surface area contributed by atoms with Crippen LogP contribution in [0, 0.1) is 6.92 Å². The van der Waals surface area contributed by atoms with Crippen molar-refractivity contribution in [3.63, 3.8) is 0 Å². The van der Waals surface area contributed by atoms with Gasteiger partial charge in [-0.1, -0.05) is 42.7 Å². The maximum Gasteiger partial charge on any atom is 0.153 e. The summed E-state index contributed by atoms with van der Waals surface area (Å²) in [6, 6.07) is 8.56. The average Bonchev–Trinajstić information content (AvgIpc) is 2.98. The Balaban J connectivity index is 1.73. The van der Waals surface area contributed by atoms with E-state index in [2.05, 4.69) is 46.4 Å². The van der Waals surface area contributed by atoms with Gasteiger partial charge in [0.1, 0.15) is 5.82 Å². The molecular formula is C15H19N3. The van der Waals surface area contributed by atoms with Gasteiger partial charge in [0.2, 0.25) is 0 Å². The Morgan fingerprint density at radius 3 is 2.89 bits per heavy atom. The Hall–Kier alpha value is -1.64. The second-order valence-corrected chi connectivity index (χ2v) is 5.29. The van der Waals surface area contributed by atoms with Gasteiger partial charge in [0.25, 0.3) is 0 Å². The molecule has 2 aromatic rings. The summed E-state index contributed by atoms with van der Waals surface area (Å²) >= 11 is 0. The van der Waals surface area contributed by atoms with E-state index in [-0.39, 0.29) is 0 Å². The molecule has 0 bridgehead atoms. The number of nitrogens with zero attached hydrogens (tertiary/aromatic N) is 2. The molecule has 0 saturated heterocycles. The largest absolute Gasteiger partial charge is 0.263 e. The molecule has 1 aliphatic rings. The van der Waals surface area contributed by atoms with Crippen LogP contribution in [-0.4, -0.2) is 15.2 Å². The standard InChI is InChI=1S/C15H19N3/c1-11-5-4-6-12(9-11)10-14-16-15(18-17-14)13-7-2-3-8-13/h4-6,9,13H,2-3,7-8,10H2,1H3,(H,16,17,18). The third-order valence-electron chi connectivity index (χ3n) is 3.72. The Kier molecular flexibility index (Phi) is 3.13. The Labute approximate surface area is 108 Å². The fourth-order valence-electron chi connectivity index (χ4n) is 2.77. The smallest absolute Gasteiger partial charge is 0.153 e. The fraction of sp³-hybridized carbons (Fsp3) is 0.467. The first-order chi connectivity index (χ1) is 8.81. The molecule has 0 radical (unpaired) electrons. The molecular weight excluding hydrogens is 222 g/mol. The first kappa shape index (κ1) is 11.5. The maximum atomic E-state index is 4.65. The van der Waals surface area contributed by atoms with E-state index in [1.54, 1.807) is 0 Å². The number of aryl methyl sites for hydroxylation is 1. The first-order valence-electron chi connectivity index (χ1n) is 6.78. The van der Waals surface area contributed by atoms with E-state index >= 15 is 0 Å². The summed E-state index contributed by atoms with van der Waals surface area (Å²) in [6.45, 7) is 2.12. The summed E-state index contributed by atoms with van der Waals surface area (Å²) in [6.07, 6.45) is 6.00. The highest BCUT2D eigenvalue weighted by molar-refractivity contribution is 5.24. The van der Waals surface area contributed by atoms with E-state index in [1.807, 2.05) is 0 Å². The topological polar surface area (TPSA) is 41.6 Å². The molecule has 0 unspecified atom stereocenters. The number of aromatic nitrogens is 3. The van der Waals surface area contributed by atoms with Crippen molar-refractivity contribution in [1.82, 2.24) is 15.2 Å². The van der Waals surface area contributed by atoms with Crippen LogP contribution >= 0.6 is 0 Å². The molecule has 0 amide bonds. The lowest BCUT2D eigenvalue weighted by Crippen LogP contribution is -1.95. The molecule has 1 saturated carbocycles. The number of H-pyrrole nitrogens is 1. The van der Waals surface area contributed by atoms with Gasteiger partial charge >= 0.3 is 0 Å². The summed E-state index contributed by atoms with van der Waals surface area (Å²) in [5, 5.41) is 7.47. The number of rotatable bonds is 3. The van der Waals surface area contributed by atoms with Crippen LogP contribution in [0.1, 0.15) is 54.4 Å². The highest BCUT2D eigenvalue weighted by Crippen LogP contribution is 2.31. The molecule has 3 heteroatoms. The highest BCUT2D eigenvalue weighted by Gasteiger charge is 2.20. The summed E-state index contributed by atoms with van der Waals surface area (Å²) in [4.78, 5) is 4.65. The van der Waals surface area contributed by atoms with Crippen LogP contribution in [0.15, 0.2) is 24.3 Å². The van der Waals surface area contributed by atoms with E-state index in [4.69, 9.17) is 0 Å².